The van der Waals surface area contributed by atoms with Gasteiger partial charge in [-0.3, -0.25) is 9.59 Å². The number of methoxy groups -OCH3 is 1. The van der Waals surface area contributed by atoms with Crippen LogP contribution in [-0.2, 0) is 4.79 Å². The molecule has 0 amide bonds. The third kappa shape index (κ3) is 7.18. The molecule has 0 aliphatic carbocycles. The molecule has 0 fully saturated rings. The number of rotatable bonds is 11. The van der Waals surface area contributed by atoms with Crippen LogP contribution in [0.25, 0.3) is 10.1 Å². The molecule has 0 spiro atoms. The highest BCUT2D eigenvalue weighted by atomic mass is 32.2. The van der Waals surface area contributed by atoms with Crippen molar-refractivity contribution in [1.29, 1.82) is 0 Å². The standard InChI is InChI=1S/C21H28O4S2/c1-15(2)21(23)26-12-8-6-4-5-7-11-25-18-14-20(22)27-19-10-9-16(24-3)13-17(18)19/h9-10,13-15H,4-8,11-12H2,1-3H3. The third-order valence-corrected chi connectivity index (χ3v) is 6.32. The molecular weight excluding hydrogens is 380 g/mol. The van der Waals surface area contributed by atoms with Crippen molar-refractivity contribution in [2.45, 2.75) is 46.0 Å². The molecule has 148 valence electrons. The lowest BCUT2D eigenvalue weighted by Crippen LogP contribution is -2.02. The zero-order chi connectivity index (χ0) is 19.6. The van der Waals surface area contributed by atoms with E-state index in [1.165, 1.54) is 23.1 Å². The van der Waals surface area contributed by atoms with Crippen LogP contribution in [-0.4, -0.2) is 24.6 Å². The lowest BCUT2D eigenvalue weighted by molar-refractivity contribution is -0.113. The Morgan fingerprint density at radius 1 is 1.11 bits per heavy atom. The van der Waals surface area contributed by atoms with Gasteiger partial charge in [0.2, 0.25) is 4.74 Å². The number of carbonyl (C=O) groups is 1. The first kappa shape index (κ1) is 21.8. The number of hydrogen-bond donors (Lipinski definition) is 0. The van der Waals surface area contributed by atoms with Gasteiger partial charge in [-0.15, -0.1) is 0 Å². The molecule has 0 aliphatic heterocycles. The van der Waals surface area contributed by atoms with Gasteiger partial charge in [0.15, 0.2) is 5.12 Å². The minimum absolute atomic E-state index is 0.00360. The quantitative estimate of drug-likeness (QED) is 0.459. The number of ether oxygens (including phenoxy) is 2. The average molecular weight is 409 g/mol. The summed E-state index contributed by atoms with van der Waals surface area (Å²) in [5, 5.41) is 1.21. The van der Waals surface area contributed by atoms with E-state index >= 15 is 0 Å². The number of carbonyl (C=O) groups excluding carboxylic acids is 1. The number of benzene rings is 1. The van der Waals surface area contributed by atoms with E-state index < -0.39 is 0 Å². The van der Waals surface area contributed by atoms with Crippen LogP contribution >= 0.6 is 23.1 Å². The van der Waals surface area contributed by atoms with Gasteiger partial charge in [-0.05, 0) is 31.0 Å². The Balaban J connectivity index is 1.71. The molecule has 0 N–H and O–H groups in total. The van der Waals surface area contributed by atoms with Gasteiger partial charge in [-0.25, -0.2) is 0 Å². The van der Waals surface area contributed by atoms with E-state index in [1.807, 2.05) is 32.0 Å². The van der Waals surface area contributed by atoms with Gasteiger partial charge in [-0.2, -0.15) is 0 Å². The number of hydrogen-bond acceptors (Lipinski definition) is 6. The van der Waals surface area contributed by atoms with Crippen LogP contribution in [0.3, 0.4) is 0 Å². The van der Waals surface area contributed by atoms with Crippen molar-refractivity contribution < 1.29 is 14.3 Å². The van der Waals surface area contributed by atoms with Crippen molar-refractivity contribution in [3.63, 3.8) is 0 Å². The van der Waals surface area contributed by atoms with Crippen LogP contribution in [0.15, 0.2) is 29.1 Å². The Morgan fingerprint density at radius 3 is 2.59 bits per heavy atom. The fraction of sp³-hybridized carbons (Fsp3) is 0.524. The molecule has 27 heavy (non-hydrogen) atoms. The molecule has 0 saturated carbocycles. The first-order valence-electron chi connectivity index (χ1n) is 9.42. The predicted molar refractivity (Wildman–Crippen MR) is 116 cm³/mol. The van der Waals surface area contributed by atoms with E-state index in [-0.39, 0.29) is 15.8 Å². The molecule has 0 saturated heterocycles. The van der Waals surface area contributed by atoms with Gasteiger partial charge in [-0.1, -0.05) is 56.2 Å². The van der Waals surface area contributed by atoms with Gasteiger partial charge in [0, 0.05) is 27.8 Å². The maximum atomic E-state index is 11.9. The first-order valence-corrected chi connectivity index (χ1v) is 11.2. The molecule has 0 bridgehead atoms. The zero-order valence-electron chi connectivity index (χ0n) is 16.3. The summed E-state index contributed by atoms with van der Waals surface area (Å²) in [6, 6.07) is 7.23. The van der Waals surface area contributed by atoms with Crippen LogP contribution in [0.1, 0.15) is 46.0 Å². The van der Waals surface area contributed by atoms with E-state index in [0.29, 0.717) is 12.4 Å². The molecule has 6 heteroatoms. The summed E-state index contributed by atoms with van der Waals surface area (Å²) < 4.78 is 12.1. The van der Waals surface area contributed by atoms with Crippen LogP contribution in [0.5, 0.6) is 11.5 Å². The van der Waals surface area contributed by atoms with Gasteiger partial charge < -0.3 is 9.47 Å². The summed E-state index contributed by atoms with van der Waals surface area (Å²) in [4.78, 5) is 23.4. The van der Waals surface area contributed by atoms with Crippen molar-refractivity contribution in [2.75, 3.05) is 19.5 Å². The maximum absolute atomic E-state index is 11.9. The van der Waals surface area contributed by atoms with E-state index in [9.17, 15) is 9.59 Å². The lowest BCUT2D eigenvalue weighted by Gasteiger charge is -2.10. The second-order valence-corrected chi connectivity index (χ2v) is 8.88. The van der Waals surface area contributed by atoms with Gasteiger partial charge >= 0.3 is 0 Å². The summed E-state index contributed by atoms with van der Waals surface area (Å²) in [6.45, 7) is 4.48. The van der Waals surface area contributed by atoms with Crippen molar-refractivity contribution >= 4 is 38.3 Å². The molecule has 0 atom stereocenters. The highest BCUT2D eigenvalue weighted by Crippen LogP contribution is 2.30. The average Bonchev–Trinajstić information content (AvgIpc) is 2.65. The summed E-state index contributed by atoms with van der Waals surface area (Å²) in [5.41, 5.74) is 0. The van der Waals surface area contributed by atoms with E-state index in [4.69, 9.17) is 9.47 Å². The van der Waals surface area contributed by atoms with Gasteiger partial charge in [0.05, 0.1) is 13.7 Å². The molecule has 1 heterocycles. The highest BCUT2D eigenvalue weighted by Gasteiger charge is 2.08. The second-order valence-electron chi connectivity index (χ2n) is 6.73. The highest BCUT2D eigenvalue weighted by molar-refractivity contribution is 8.13. The SMILES string of the molecule is COc1ccc2sc(=O)cc(OCCCCCCCSC(=O)C(C)C)c2c1. The molecule has 2 rings (SSSR count). The Morgan fingerprint density at radius 2 is 1.85 bits per heavy atom. The van der Waals surface area contributed by atoms with Crippen molar-refractivity contribution in [3.8, 4) is 11.5 Å². The van der Waals surface area contributed by atoms with E-state index in [2.05, 4.69) is 0 Å². The van der Waals surface area contributed by atoms with E-state index in [0.717, 1.165) is 53.7 Å². The largest absolute Gasteiger partial charge is 0.497 e. The fourth-order valence-corrected chi connectivity index (χ4v) is 4.29. The number of thioether (sulfide) groups is 1. The monoisotopic (exact) mass is 408 g/mol. The summed E-state index contributed by atoms with van der Waals surface area (Å²) in [6.07, 6.45) is 5.39. The summed E-state index contributed by atoms with van der Waals surface area (Å²) >= 11 is 2.67. The normalized spacial score (nSPS) is 11.1. The van der Waals surface area contributed by atoms with Crippen molar-refractivity contribution in [2.24, 2.45) is 5.92 Å². The number of unbranched alkanes of at least 4 members (excludes halogenated alkanes) is 4. The molecule has 0 aliphatic rings. The molecule has 0 radical (unpaired) electrons. The zero-order valence-corrected chi connectivity index (χ0v) is 17.9. The second kappa shape index (κ2) is 11.3. The van der Waals surface area contributed by atoms with Crippen LogP contribution in [0.2, 0.25) is 0 Å². The maximum Gasteiger partial charge on any atom is 0.236 e. The third-order valence-electron chi connectivity index (χ3n) is 4.17. The topological polar surface area (TPSA) is 52.6 Å². The minimum atomic E-state index is -0.00360. The fourth-order valence-electron chi connectivity index (χ4n) is 2.62. The minimum Gasteiger partial charge on any atom is -0.497 e. The van der Waals surface area contributed by atoms with Crippen LogP contribution < -0.4 is 14.2 Å². The summed E-state index contributed by atoms with van der Waals surface area (Å²) in [7, 11) is 1.63. The van der Waals surface area contributed by atoms with Crippen molar-refractivity contribution in [3.05, 3.63) is 33.8 Å². The summed E-state index contributed by atoms with van der Waals surface area (Å²) in [5.74, 6) is 2.43. The molecule has 4 nitrogen and oxygen atoms in total. The Hall–Kier alpha value is -1.53. The molecule has 0 unspecified atom stereocenters. The molecule has 1 aromatic heterocycles. The Kier molecular flexibility index (Phi) is 9.15. The van der Waals surface area contributed by atoms with E-state index in [1.54, 1.807) is 13.2 Å². The predicted octanol–water partition coefficient (Wildman–Crippen LogP) is 5.52. The van der Waals surface area contributed by atoms with Crippen LogP contribution in [0.4, 0.5) is 0 Å². The molecular formula is C21H28O4S2. The Bertz CT molecular complexity index is 798. The van der Waals surface area contributed by atoms with Gasteiger partial charge in [0.25, 0.3) is 0 Å². The number of fused-ring (bicyclic) bond motifs is 1. The van der Waals surface area contributed by atoms with Gasteiger partial charge in [0.1, 0.15) is 11.5 Å². The van der Waals surface area contributed by atoms with Crippen molar-refractivity contribution in [1.82, 2.24) is 0 Å². The molecule has 2 aromatic rings. The lowest BCUT2D eigenvalue weighted by atomic mass is 10.2. The first-order chi connectivity index (χ1) is 13.0. The molecule has 1 aromatic carbocycles. The smallest absolute Gasteiger partial charge is 0.236 e. The van der Waals surface area contributed by atoms with Crippen LogP contribution in [0, 0.1) is 5.92 Å². The Labute approximate surface area is 169 Å².